The predicted octanol–water partition coefficient (Wildman–Crippen LogP) is 2.15. The summed E-state index contributed by atoms with van der Waals surface area (Å²) in [6.45, 7) is 10.2. The van der Waals surface area contributed by atoms with Crippen molar-refractivity contribution in [3.63, 3.8) is 0 Å². The van der Waals surface area contributed by atoms with E-state index in [0.29, 0.717) is 0 Å². The summed E-state index contributed by atoms with van der Waals surface area (Å²) in [5, 5.41) is 3.27. The van der Waals surface area contributed by atoms with Crippen LogP contribution in [0, 0.1) is 5.92 Å². The van der Waals surface area contributed by atoms with Crippen molar-refractivity contribution in [2.75, 3.05) is 24.6 Å². The third kappa shape index (κ3) is 10.1. The van der Waals surface area contributed by atoms with E-state index < -0.39 is 0 Å². The van der Waals surface area contributed by atoms with E-state index in [9.17, 15) is 0 Å². The van der Waals surface area contributed by atoms with Gasteiger partial charge in [0.05, 0.1) is 0 Å². The van der Waals surface area contributed by atoms with Crippen molar-refractivity contribution in [3.8, 4) is 0 Å². The first-order chi connectivity index (χ1) is 5.27. The van der Waals surface area contributed by atoms with Crippen molar-refractivity contribution in [3.05, 3.63) is 12.7 Å². The van der Waals surface area contributed by atoms with Crippen LogP contribution < -0.4 is 5.32 Å². The summed E-state index contributed by atoms with van der Waals surface area (Å²) in [5.41, 5.74) is 0. The molecule has 0 radical (unpaired) electrons. The Bertz CT molecular complexity index is 91.6. The Kier molecular flexibility index (Phi) is 8.19. The van der Waals surface area contributed by atoms with Crippen molar-refractivity contribution in [1.29, 1.82) is 0 Å². The smallest absolute Gasteiger partial charge is 0.0132 e. The monoisotopic (exact) mass is 173 g/mol. The fraction of sp³-hybridized carbons (Fsp3) is 0.778. The van der Waals surface area contributed by atoms with E-state index in [1.807, 2.05) is 17.8 Å². The molecule has 0 aromatic heterocycles. The van der Waals surface area contributed by atoms with Crippen LogP contribution in [-0.2, 0) is 0 Å². The highest BCUT2D eigenvalue weighted by molar-refractivity contribution is 7.99. The molecule has 0 heterocycles. The van der Waals surface area contributed by atoms with Crippen molar-refractivity contribution in [1.82, 2.24) is 5.32 Å². The van der Waals surface area contributed by atoms with Gasteiger partial charge < -0.3 is 5.32 Å². The molecule has 0 rings (SSSR count). The Morgan fingerprint density at radius 2 is 2.27 bits per heavy atom. The zero-order chi connectivity index (χ0) is 8.53. The largest absolute Gasteiger partial charge is 0.312 e. The van der Waals surface area contributed by atoms with E-state index in [4.69, 9.17) is 0 Å². The van der Waals surface area contributed by atoms with Crippen LogP contribution in [0.25, 0.3) is 0 Å². The zero-order valence-corrected chi connectivity index (χ0v) is 8.41. The first-order valence-electron chi connectivity index (χ1n) is 4.16. The van der Waals surface area contributed by atoms with E-state index >= 15 is 0 Å². The van der Waals surface area contributed by atoms with Crippen LogP contribution in [0.2, 0.25) is 0 Å². The van der Waals surface area contributed by atoms with Crippen LogP contribution in [0.1, 0.15) is 13.8 Å². The summed E-state index contributed by atoms with van der Waals surface area (Å²) in [7, 11) is 0. The molecule has 0 aromatic carbocycles. The molecule has 0 amide bonds. The molecule has 66 valence electrons. The maximum Gasteiger partial charge on any atom is 0.0132 e. The zero-order valence-electron chi connectivity index (χ0n) is 7.60. The van der Waals surface area contributed by atoms with Gasteiger partial charge in [-0.25, -0.2) is 0 Å². The fourth-order valence-electron chi connectivity index (χ4n) is 0.667. The highest BCUT2D eigenvalue weighted by atomic mass is 32.2. The van der Waals surface area contributed by atoms with Gasteiger partial charge in [0.25, 0.3) is 0 Å². The Labute approximate surface area is 74.6 Å². The molecule has 0 saturated carbocycles. The van der Waals surface area contributed by atoms with Gasteiger partial charge in [-0.15, -0.1) is 6.58 Å². The van der Waals surface area contributed by atoms with Gasteiger partial charge in [0.2, 0.25) is 0 Å². The van der Waals surface area contributed by atoms with Gasteiger partial charge in [0.15, 0.2) is 0 Å². The Morgan fingerprint density at radius 1 is 1.55 bits per heavy atom. The van der Waals surface area contributed by atoms with Crippen molar-refractivity contribution in [2.45, 2.75) is 13.8 Å². The molecule has 0 aliphatic heterocycles. The minimum Gasteiger partial charge on any atom is -0.312 e. The van der Waals surface area contributed by atoms with E-state index in [2.05, 4.69) is 25.7 Å². The molecule has 0 unspecified atom stereocenters. The van der Waals surface area contributed by atoms with E-state index in [0.717, 1.165) is 19.0 Å². The lowest BCUT2D eigenvalue weighted by Gasteiger charge is -2.04. The number of thioether (sulfide) groups is 1. The lowest BCUT2D eigenvalue weighted by atomic mass is 10.3. The molecule has 0 aliphatic rings. The number of nitrogens with one attached hydrogen (secondary N) is 1. The quantitative estimate of drug-likeness (QED) is 0.468. The minimum absolute atomic E-state index is 0.819. The lowest BCUT2D eigenvalue weighted by molar-refractivity contribution is 0.747. The van der Waals surface area contributed by atoms with Crippen molar-refractivity contribution in [2.24, 2.45) is 5.92 Å². The fourth-order valence-corrected chi connectivity index (χ4v) is 1.59. The molecule has 0 fully saturated rings. The molecule has 0 atom stereocenters. The van der Waals surface area contributed by atoms with Crippen LogP contribution in [0.5, 0.6) is 0 Å². The second kappa shape index (κ2) is 8.15. The molecular formula is C9H19NS. The second-order valence-corrected chi connectivity index (χ2v) is 4.11. The number of hydrogen-bond acceptors (Lipinski definition) is 2. The summed E-state index contributed by atoms with van der Waals surface area (Å²) in [4.78, 5) is 0. The van der Waals surface area contributed by atoms with Crippen molar-refractivity contribution < 1.29 is 0 Å². The van der Waals surface area contributed by atoms with Gasteiger partial charge in [-0.1, -0.05) is 19.9 Å². The van der Waals surface area contributed by atoms with Gasteiger partial charge in [0.1, 0.15) is 0 Å². The lowest BCUT2D eigenvalue weighted by Crippen LogP contribution is -2.16. The molecule has 2 heteroatoms. The molecule has 0 spiro atoms. The first kappa shape index (κ1) is 11.1. The van der Waals surface area contributed by atoms with Crippen LogP contribution in [-0.4, -0.2) is 24.6 Å². The van der Waals surface area contributed by atoms with E-state index in [1.165, 1.54) is 11.5 Å². The number of rotatable bonds is 7. The normalized spacial score (nSPS) is 10.5. The summed E-state index contributed by atoms with van der Waals surface area (Å²) >= 11 is 2.01. The molecule has 0 saturated heterocycles. The topological polar surface area (TPSA) is 12.0 Å². The van der Waals surface area contributed by atoms with Gasteiger partial charge in [-0.05, 0) is 11.7 Å². The minimum atomic E-state index is 0.819. The SMILES string of the molecule is C=CCNCCSCC(C)C. The van der Waals surface area contributed by atoms with Crippen molar-refractivity contribution >= 4 is 11.8 Å². The van der Waals surface area contributed by atoms with Crippen LogP contribution in [0.15, 0.2) is 12.7 Å². The average Bonchev–Trinajstić information content (AvgIpc) is 1.96. The molecule has 1 nitrogen and oxygen atoms in total. The summed E-state index contributed by atoms with van der Waals surface area (Å²) in [6, 6.07) is 0. The Hall–Kier alpha value is 0.0500. The van der Waals surface area contributed by atoms with E-state index in [1.54, 1.807) is 0 Å². The second-order valence-electron chi connectivity index (χ2n) is 2.96. The molecule has 0 aliphatic carbocycles. The third-order valence-corrected chi connectivity index (χ3v) is 2.56. The summed E-state index contributed by atoms with van der Waals surface area (Å²) < 4.78 is 0. The Balaban J connectivity index is 2.85. The van der Waals surface area contributed by atoms with Gasteiger partial charge >= 0.3 is 0 Å². The highest BCUT2D eigenvalue weighted by Crippen LogP contribution is 2.05. The van der Waals surface area contributed by atoms with E-state index in [-0.39, 0.29) is 0 Å². The molecule has 0 aromatic rings. The van der Waals surface area contributed by atoms with Crippen LogP contribution in [0.3, 0.4) is 0 Å². The standard InChI is InChI=1S/C9H19NS/c1-4-5-10-6-7-11-8-9(2)3/h4,9-10H,1,5-8H2,2-3H3. The summed E-state index contributed by atoms with van der Waals surface area (Å²) in [6.07, 6.45) is 1.90. The van der Waals surface area contributed by atoms with Gasteiger partial charge in [-0.2, -0.15) is 11.8 Å². The first-order valence-corrected chi connectivity index (χ1v) is 5.32. The molecule has 1 N–H and O–H groups in total. The third-order valence-electron chi connectivity index (χ3n) is 1.16. The molecular weight excluding hydrogens is 154 g/mol. The number of hydrogen-bond donors (Lipinski definition) is 1. The van der Waals surface area contributed by atoms with Crippen LogP contribution in [0.4, 0.5) is 0 Å². The highest BCUT2D eigenvalue weighted by Gasteiger charge is 1.92. The maximum absolute atomic E-state index is 3.64. The molecule has 0 bridgehead atoms. The maximum atomic E-state index is 3.64. The summed E-state index contributed by atoms with van der Waals surface area (Å²) in [5.74, 6) is 3.31. The molecule has 11 heavy (non-hydrogen) atoms. The van der Waals surface area contributed by atoms with Gasteiger partial charge in [-0.3, -0.25) is 0 Å². The van der Waals surface area contributed by atoms with Gasteiger partial charge in [0, 0.05) is 18.8 Å². The van der Waals surface area contributed by atoms with Crippen LogP contribution >= 0.6 is 11.8 Å². The average molecular weight is 173 g/mol. The Morgan fingerprint density at radius 3 is 2.82 bits per heavy atom. The predicted molar refractivity (Wildman–Crippen MR) is 55.2 cm³/mol.